The van der Waals surface area contributed by atoms with E-state index in [1.165, 1.54) is 0 Å². The summed E-state index contributed by atoms with van der Waals surface area (Å²) >= 11 is 0. The van der Waals surface area contributed by atoms with Crippen LogP contribution in [-0.4, -0.2) is 25.1 Å². The lowest BCUT2D eigenvalue weighted by Crippen LogP contribution is -2.31. The van der Waals surface area contributed by atoms with Crippen LogP contribution in [0, 0.1) is 13.8 Å². The number of hydrogen-bond acceptors (Lipinski definition) is 5. The van der Waals surface area contributed by atoms with Gasteiger partial charge >= 0.3 is 5.97 Å². The molecule has 0 saturated carbocycles. The normalized spacial score (nSPS) is 11.8. The number of furan rings is 1. The molecule has 0 saturated heterocycles. The molecule has 0 aliphatic rings. The summed E-state index contributed by atoms with van der Waals surface area (Å²) in [6, 6.07) is 14.8. The van der Waals surface area contributed by atoms with Crippen LogP contribution in [0.2, 0.25) is 0 Å². The molecule has 0 unspecified atom stereocenters. The molecule has 0 spiro atoms. The Bertz CT molecular complexity index is 938. The summed E-state index contributed by atoms with van der Waals surface area (Å²) in [6.07, 6.45) is 0. The Labute approximate surface area is 163 Å². The third kappa shape index (κ3) is 5.13. The molecule has 1 aromatic heterocycles. The van der Waals surface area contributed by atoms with Crippen molar-refractivity contribution in [2.24, 2.45) is 0 Å². The van der Waals surface area contributed by atoms with Gasteiger partial charge in [-0.25, -0.2) is 4.79 Å². The fraction of sp³-hybridized carbons (Fsp3) is 0.273. The third-order valence-corrected chi connectivity index (χ3v) is 4.16. The van der Waals surface area contributed by atoms with Crippen LogP contribution < -0.4 is 10.1 Å². The van der Waals surface area contributed by atoms with Crippen molar-refractivity contribution in [2.75, 3.05) is 13.2 Å². The van der Waals surface area contributed by atoms with E-state index < -0.39 is 11.9 Å². The summed E-state index contributed by atoms with van der Waals surface area (Å²) in [5, 5.41) is 3.72. The lowest BCUT2D eigenvalue weighted by atomic mass is 10.1. The molecule has 0 fully saturated rings. The molecule has 1 amide bonds. The second-order valence-corrected chi connectivity index (χ2v) is 6.75. The number of esters is 1. The van der Waals surface area contributed by atoms with Gasteiger partial charge < -0.3 is 19.2 Å². The SMILES string of the molecule is Cc1cc(C)cc(OCC(=O)OCC(=O)N[C@@H](C)c2cc3ccccc3o2)c1. The van der Waals surface area contributed by atoms with Crippen molar-refractivity contribution in [3.8, 4) is 5.75 Å². The van der Waals surface area contributed by atoms with Gasteiger partial charge in [0.2, 0.25) is 0 Å². The first-order valence-electron chi connectivity index (χ1n) is 9.05. The molecule has 0 radical (unpaired) electrons. The Hall–Kier alpha value is -3.28. The molecule has 1 N–H and O–H groups in total. The van der Waals surface area contributed by atoms with Gasteiger partial charge in [-0.05, 0) is 56.2 Å². The Morgan fingerprint density at radius 3 is 2.46 bits per heavy atom. The van der Waals surface area contributed by atoms with Crippen molar-refractivity contribution < 1.29 is 23.5 Å². The fourth-order valence-corrected chi connectivity index (χ4v) is 2.92. The van der Waals surface area contributed by atoms with Crippen LogP contribution in [0.15, 0.2) is 52.9 Å². The van der Waals surface area contributed by atoms with Gasteiger partial charge in [-0.2, -0.15) is 0 Å². The predicted molar refractivity (Wildman–Crippen MR) is 105 cm³/mol. The number of ether oxygens (including phenoxy) is 2. The predicted octanol–water partition coefficient (Wildman–Crippen LogP) is 3.85. The van der Waals surface area contributed by atoms with Crippen LogP contribution in [0.3, 0.4) is 0 Å². The van der Waals surface area contributed by atoms with Crippen molar-refractivity contribution in [1.82, 2.24) is 5.32 Å². The van der Waals surface area contributed by atoms with Gasteiger partial charge in [-0.3, -0.25) is 4.79 Å². The minimum atomic E-state index is -0.606. The highest BCUT2D eigenvalue weighted by Gasteiger charge is 2.15. The summed E-state index contributed by atoms with van der Waals surface area (Å²) in [4.78, 5) is 23.9. The van der Waals surface area contributed by atoms with Crippen LogP contribution in [0.4, 0.5) is 0 Å². The lowest BCUT2D eigenvalue weighted by molar-refractivity contribution is -0.150. The Kier molecular flexibility index (Phi) is 5.99. The van der Waals surface area contributed by atoms with Crippen molar-refractivity contribution in [3.05, 3.63) is 65.4 Å². The standard InChI is InChI=1S/C22H23NO5/c1-14-8-15(2)10-18(9-14)26-13-22(25)27-12-21(24)23-16(3)20-11-17-6-4-5-7-19(17)28-20/h4-11,16H,12-13H2,1-3H3,(H,23,24)/t16-/m0/s1. The Balaban J connectivity index is 1.44. The Morgan fingerprint density at radius 1 is 1.04 bits per heavy atom. The second kappa shape index (κ2) is 8.61. The van der Waals surface area contributed by atoms with Crippen molar-refractivity contribution in [2.45, 2.75) is 26.8 Å². The summed E-state index contributed by atoms with van der Waals surface area (Å²) < 4.78 is 16.1. The van der Waals surface area contributed by atoms with Crippen molar-refractivity contribution in [3.63, 3.8) is 0 Å². The zero-order valence-corrected chi connectivity index (χ0v) is 16.2. The molecule has 0 bridgehead atoms. The average Bonchev–Trinajstić information content (AvgIpc) is 3.08. The van der Waals surface area contributed by atoms with Gasteiger partial charge in [-0.1, -0.05) is 24.3 Å². The van der Waals surface area contributed by atoms with Gasteiger partial charge in [0.05, 0.1) is 6.04 Å². The van der Waals surface area contributed by atoms with E-state index in [1.807, 2.05) is 62.4 Å². The maximum absolute atomic E-state index is 12.0. The van der Waals surface area contributed by atoms with E-state index in [-0.39, 0.29) is 19.3 Å². The number of amides is 1. The van der Waals surface area contributed by atoms with E-state index in [4.69, 9.17) is 13.9 Å². The van der Waals surface area contributed by atoms with E-state index in [1.54, 1.807) is 6.92 Å². The van der Waals surface area contributed by atoms with Crippen LogP contribution in [0.25, 0.3) is 11.0 Å². The summed E-state index contributed by atoms with van der Waals surface area (Å²) in [5.74, 6) is 0.217. The van der Waals surface area contributed by atoms with Gasteiger partial charge in [0.25, 0.3) is 5.91 Å². The van der Waals surface area contributed by atoms with E-state index in [9.17, 15) is 9.59 Å². The molecule has 0 aliphatic carbocycles. The Morgan fingerprint density at radius 2 is 1.75 bits per heavy atom. The van der Waals surface area contributed by atoms with Crippen LogP contribution in [-0.2, 0) is 14.3 Å². The number of rotatable bonds is 7. The van der Waals surface area contributed by atoms with Gasteiger partial charge in [0.15, 0.2) is 13.2 Å². The number of aryl methyl sites for hydroxylation is 2. The van der Waals surface area contributed by atoms with Crippen molar-refractivity contribution >= 4 is 22.8 Å². The summed E-state index contributed by atoms with van der Waals surface area (Å²) in [7, 11) is 0. The number of carbonyl (C=O) groups is 2. The van der Waals surface area contributed by atoms with Crippen LogP contribution >= 0.6 is 0 Å². The molecule has 28 heavy (non-hydrogen) atoms. The van der Waals surface area contributed by atoms with Gasteiger partial charge in [0.1, 0.15) is 17.1 Å². The molecule has 3 rings (SSSR count). The number of carbonyl (C=O) groups excluding carboxylic acids is 2. The molecule has 3 aromatic rings. The second-order valence-electron chi connectivity index (χ2n) is 6.75. The number of hydrogen-bond donors (Lipinski definition) is 1. The minimum Gasteiger partial charge on any atom is -0.482 e. The molecule has 1 atom stereocenters. The summed E-state index contributed by atoms with van der Waals surface area (Å²) in [6.45, 7) is 5.08. The molecule has 1 heterocycles. The highest BCUT2D eigenvalue weighted by Crippen LogP contribution is 2.23. The molecular weight excluding hydrogens is 358 g/mol. The molecule has 146 valence electrons. The maximum atomic E-state index is 12.0. The zero-order chi connectivity index (χ0) is 20.1. The molecular formula is C22H23NO5. The maximum Gasteiger partial charge on any atom is 0.344 e. The fourth-order valence-electron chi connectivity index (χ4n) is 2.92. The zero-order valence-electron chi connectivity index (χ0n) is 16.2. The number of para-hydroxylation sites is 1. The van der Waals surface area contributed by atoms with Gasteiger partial charge in [-0.15, -0.1) is 0 Å². The highest BCUT2D eigenvalue weighted by atomic mass is 16.6. The molecule has 2 aromatic carbocycles. The number of fused-ring (bicyclic) bond motifs is 1. The van der Waals surface area contributed by atoms with E-state index in [0.29, 0.717) is 11.5 Å². The first-order valence-corrected chi connectivity index (χ1v) is 9.05. The lowest BCUT2D eigenvalue weighted by Gasteiger charge is -2.12. The van der Waals surface area contributed by atoms with Crippen LogP contribution in [0.5, 0.6) is 5.75 Å². The average molecular weight is 381 g/mol. The number of nitrogens with one attached hydrogen (secondary N) is 1. The quantitative estimate of drug-likeness (QED) is 0.629. The largest absolute Gasteiger partial charge is 0.482 e. The molecule has 6 heteroatoms. The monoisotopic (exact) mass is 381 g/mol. The topological polar surface area (TPSA) is 77.8 Å². The van der Waals surface area contributed by atoms with Crippen molar-refractivity contribution in [1.29, 1.82) is 0 Å². The van der Waals surface area contributed by atoms with Gasteiger partial charge in [0, 0.05) is 5.39 Å². The molecule has 0 aliphatic heterocycles. The van der Waals surface area contributed by atoms with E-state index >= 15 is 0 Å². The number of benzene rings is 2. The first kappa shape index (κ1) is 19.5. The minimum absolute atomic E-state index is 0.255. The highest BCUT2D eigenvalue weighted by molar-refractivity contribution is 5.82. The third-order valence-electron chi connectivity index (χ3n) is 4.16. The molecule has 6 nitrogen and oxygen atoms in total. The first-order chi connectivity index (χ1) is 13.4. The smallest absolute Gasteiger partial charge is 0.344 e. The van der Waals surface area contributed by atoms with Crippen LogP contribution in [0.1, 0.15) is 29.9 Å². The summed E-state index contributed by atoms with van der Waals surface area (Å²) in [5.41, 5.74) is 2.85. The van der Waals surface area contributed by atoms with E-state index in [2.05, 4.69) is 5.32 Å². The van der Waals surface area contributed by atoms with E-state index in [0.717, 1.165) is 22.1 Å².